The molecule has 0 bridgehead atoms. The highest BCUT2D eigenvalue weighted by Crippen LogP contribution is 2.36. The van der Waals surface area contributed by atoms with Crippen molar-refractivity contribution in [3.8, 4) is 0 Å². The molecule has 28 heavy (non-hydrogen) atoms. The predicted molar refractivity (Wildman–Crippen MR) is 111 cm³/mol. The minimum absolute atomic E-state index is 0.107. The number of piperazine rings is 1. The van der Waals surface area contributed by atoms with Crippen LogP contribution in [0.4, 0.5) is 0 Å². The third-order valence-electron chi connectivity index (χ3n) is 6.81. The van der Waals surface area contributed by atoms with E-state index in [0.717, 1.165) is 56.9 Å². The summed E-state index contributed by atoms with van der Waals surface area (Å²) >= 11 is 6.10. The number of benzene rings is 1. The van der Waals surface area contributed by atoms with E-state index in [2.05, 4.69) is 0 Å². The second kappa shape index (κ2) is 8.86. The number of carbonyl (C=O) groups is 2. The number of nitrogens with zero attached hydrogens (tertiary/aromatic N) is 2. The van der Waals surface area contributed by atoms with Gasteiger partial charge in [-0.15, -0.1) is 0 Å². The van der Waals surface area contributed by atoms with Crippen LogP contribution in [0.1, 0.15) is 82.2 Å². The summed E-state index contributed by atoms with van der Waals surface area (Å²) < 4.78 is 0. The van der Waals surface area contributed by atoms with Crippen molar-refractivity contribution in [1.29, 1.82) is 0 Å². The molecule has 1 heterocycles. The summed E-state index contributed by atoms with van der Waals surface area (Å²) in [5, 5.41) is 0.656. The SMILES string of the molecule is O=C1[C@H](c2ccc(Cl)cc2)N(C2CCCCCCC2)C(=O)CN1C1CCCC1. The van der Waals surface area contributed by atoms with Gasteiger partial charge in [0.15, 0.2) is 0 Å². The fourth-order valence-corrected chi connectivity index (χ4v) is 5.45. The summed E-state index contributed by atoms with van der Waals surface area (Å²) in [5.41, 5.74) is 0.896. The Labute approximate surface area is 173 Å². The number of rotatable bonds is 3. The van der Waals surface area contributed by atoms with Crippen LogP contribution in [0.2, 0.25) is 5.02 Å². The maximum atomic E-state index is 13.6. The first kappa shape index (κ1) is 19.8. The summed E-state index contributed by atoms with van der Waals surface area (Å²) in [6, 6.07) is 7.41. The fourth-order valence-electron chi connectivity index (χ4n) is 5.33. The monoisotopic (exact) mass is 402 g/mol. The average Bonchev–Trinajstić information content (AvgIpc) is 3.19. The summed E-state index contributed by atoms with van der Waals surface area (Å²) in [7, 11) is 0. The lowest BCUT2D eigenvalue weighted by molar-refractivity contribution is -0.161. The highest BCUT2D eigenvalue weighted by atomic mass is 35.5. The molecule has 152 valence electrons. The van der Waals surface area contributed by atoms with Gasteiger partial charge in [0.05, 0.1) is 0 Å². The largest absolute Gasteiger partial charge is 0.328 e. The van der Waals surface area contributed by atoms with Crippen LogP contribution in [0.15, 0.2) is 24.3 Å². The van der Waals surface area contributed by atoms with Crippen molar-refractivity contribution in [2.75, 3.05) is 6.54 Å². The van der Waals surface area contributed by atoms with E-state index in [4.69, 9.17) is 11.6 Å². The van der Waals surface area contributed by atoms with E-state index >= 15 is 0 Å². The van der Waals surface area contributed by atoms with Crippen LogP contribution in [-0.4, -0.2) is 40.2 Å². The minimum Gasteiger partial charge on any atom is -0.328 e. The van der Waals surface area contributed by atoms with Gasteiger partial charge in [-0.25, -0.2) is 0 Å². The summed E-state index contributed by atoms with van der Waals surface area (Å²) in [5.74, 6) is 0.230. The van der Waals surface area contributed by atoms with Gasteiger partial charge in [-0.3, -0.25) is 9.59 Å². The molecule has 1 saturated heterocycles. The molecule has 0 spiro atoms. The highest BCUT2D eigenvalue weighted by molar-refractivity contribution is 6.30. The maximum Gasteiger partial charge on any atom is 0.250 e. The molecule has 4 nitrogen and oxygen atoms in total. The van der Waals surface area contributed by atoms with E-state index in [1.165, 1.54) is 19.3 Å². The van der Waals surface area contributed by atoms with Crippen molar-refractivity contribution >= 4 is 23.4 Å². The summed E-state index contributed by atoms with van der Waals surface area (Å²) in [4.78, 5) is 30.8. The first-order valence-electron chi connectivity index (χ1n) is 11.0. The van der Waals surface area contributed by atoms with Crippen molar-refractivity contribution in [3.63, 3.8) is 0 Å². The Bertz CT molecular complexity index is 691. The van der Waals surface area contributed by atoms with Gasteiger partial charge in [0.1, 0.15) is 12.6 Å². The quantitative estimate of drug-likeness (QED) is 0.705. The first-order chi connectivity index (χ1) is 13.6. The number of amides is 2. The Balaban J connectivity index is 1.66. The third-order valence-corrected chi connectivity index (χ3v) is 7.06. The van der Waals surface area contributed by atoms with Crippen LogP contribution in [-0.2, 0) is 9.59 Å². The fraction of sp³-hybridized carbons (Fsp3) is 0.652. The zero-order valence-electron chi connectivity index (χ0n) is 16.6. The predicted octanol–water partition coefficient (Wildman–Crippen LogP) is 5.11. The van der Waals surface area contributed by atoms with Crippen molar-refractivity contribution < 1.29 is 9.59 Å². The van der Waals surface area contributed by atoms with E-state index in [0.29, 0.717) is 5.02 Å². The normalized spacial score (nSPS) is 25.8. The topological polar surface area (TPSA) is 40.6 Å². The second-order valence-corrected chi connectivity index (χ2v) is 9.09. The number of hydrogen-bond acceptors (Lipinski definition) is 2. The lowest BCUT2D eigenvalue weighted by Crippen LogP contribution is -2.60. The summed E-state index contributed by atoms with van der Waals surface area (Å²) in [6.45, 7) is 0.254. The van der Waals surface area contributed by atoms with Crippen molar-refractivity contribution in [2.24, 2.45) is 0 Å². The van der Waals surface area contributed by atoms with Gasteiger partial charge in [-0.05, 0) is 43.4 Å². The van der Waals surface area contributed by atoms with Gasteiger partial charge < -0.3 is 9.80 Å². The molecule has 0 N–H and O–H groups in total. The van der Waals surface area contributed by atoms with Crippen LogP contribution in [0.25, 0.3) is 0 Å². The molecule has 3 aliphatic rings. The molecule has 2 amide bonds. The van der Waals surface area contributed by atoms with Crippen LogP contribution in [0.5, 0.6) is 0 Å². The Hall–Kier alpha value is -1.55. The van der Waals surface area contributed by atoms with Crippen LogP contribution in [0.3, 0.4) is 0 Å². The molecule has 4 rings (SSSR count). The van der Waals surface area contributed by atoms with Gasteiger partial charge in [0.25, 0.3) is 5.91 Å². The molecule has 0 unspecified atom stereocenters. The van der Waals surface area contributed by atoms with Gasteiger partial charge in [0, 0.05) is 17.1 Å². The molecule has 1 aromatic carbocycles. The molecular weight excluding hydrogens is 372 g/mol. The van der Waals surface area contributed by atoms with Gasteiger partial charge in [0.2, 0.25) is 5.91 Å². The lowest BCUT2D eigenvalue weighted by Gasteiger charge is -2.46. The Morgan fingerprint density at radius 1 is 0.750 bits per heavy atom. The highest BCUT2D eigenvalue weighted by Gasteiger charge is 2.45. The number of hydrogen-bond donors (Lipinski definition) is 0. The second-order valence-electron chi connectivity index (χ2n) is 8.66. The standard InChI is InChI=1S/C23H31ClN2O2/c24-18-14-12-17(13-15-18)22-23(28)25(19-8-6-7-9-19)16-21(27)26(22)20-10-4-2-1-3-5-11-20/h12-15,19-20,22H,1-11,16H2/t22-/m0/s1. The molecule has 1 aliphatic heterocycles. The van der Waals surface area contributed by atoms with Gasteiger partial charge >= 0.3 is 0 Å². The molecule has 0 radical (unpaired) electrons. The molecule has 5 heteroatoms. The van der Waals surface area contributed by atoms with E-state index in [1.807, 2.05) is 34.1 Å². The molecule has 1 atom stereocenters. The smallest absolute Gasteiger partial charge is 0.250 e. The lowest BCUT2D eigenvalue weighted by atomic mass is 9.91. The average molecular weight is 403 g/mol. The van der Waals surface area contributed by atoms with Crippen LogP contribution in [0, 0.1) is 0 Å². The van der Waals surface area contributed by atoms with Crippen molar-refractivity contribution in [2.45, 2.75) is 88.8 Å². The molecule has 3 fully saturated rings. The molecule has 1 aromatic rings. The van der Waals surface area contributed by atoms with E-state index in [-0.39, 0.29) is 30.4 Å². The maximum absolute atomic E-state index is 13.6. The minimum atomic E-state index is -0.497. The molecule has 0 aromatic heterocycles. The Morgan fingerprint density at radius 3 is 1.93 bits per heavy atom. The summed E-state index contributed by atoms with van der Waals surface area (Å²) in [6.07, 6.45) is 12.4. The van der Waals surface area contributed by atoms with Gasteiger partial charge in [-0.2, -0.15) is 0 Å². The molecule has 2 aliphatic carbocycles. The third kappa shape index (κ3) is 4.07. The van der Waals surface area contributed by atoms with Crippen molar-refractivity contribution in [3.05, 3.63) is 34.9 Å². The number of carbonyl (C=O) groups excluding carboxylic acids is 2. The number of halogens is 1. The zero-order chi connectivity index (χ0) is 19.5. The molecule has 2 saturated carbocycles. The van der Waals surface area contributed by atoms with E-state index in [1.54, 1.807) is 0 Å². The Kier molecular flexibility index (Phi) is 6.25. The van der Waals surface area contributed by atoms with E-state index < -0.39 is 6.04 Å². The van der Waals surface area contributed by atoms with Crippen molar-refractivity contribution in [1.82, 2.24) is 9.80 Å². The van der Waals surface area contributed by atoms with Gasteiger partial charge in [-0.1, -0.05) is 68.7 Å². The van der Waals surface area contributed by atoms with Crippen LogP contribution >= 0.6 is 11.6 Å². The zero-order valence-corrected chi connectivity index (χ0v) is 17.4. The van der Waals surface area contributed by atoms with Crippen LogP contribution < -0.4 is 0 Å². The van der Waals surface area contributed by atoms with E-state index in [9.17, 15) is 9.59 Å². The molecular formula is C23H31ClN2O2. The Morgan fingerprint density at radius 2 is 1.29 bits per heavy atom. The first-order valence-corrected chi connectivity index (χ1v) is 11.4.